The summed E-state index contributed by atoms with van der Waals surface area (Å²) in [6, 6.07) is 13.7. The highest BCUT2D eigenvalue weighted by Crippen LogP contribution is 2.25. The number of benzene rings is 2. The van der Waals surface area contributed by atoms with Gasteiger partial charge in [0.15, 0.2) is 6.61 Å². The van der Waals surface area contributed by atoms with Gasteiger partial charge >= 0.3 is 11.6 Å². The maximum Gasteiger partial charge on any atom is 0.340 e. The van der Waals surface area contributed by atoms with Gasteiger partial charge in [-0.05, 0) is 37.1 Å². The predicted octanol–water partition coefficient (Wildman–Crippen LogP) is 2.66. The lowest BCUT2D eigenvalue weighted by Gasteiger charge is -2.12. The van der Waals surface area contributed by atoms with Crippen LogP contribution in [0.1, 0.15) is 23.6 Å². The zero-order valence-electron chi connectivity index (χ0n) is 16.1. The van der Waals surface area contributed by atoms with Crippen molar-refractivity contribution in [2.45, 2.75) is 26.3 Å². The average Bonchev–Trinajstić information content (AvgIpc) is 2.70. The third kappa shape index (κ3) is 4.82. The summed E-state index contributed by atoms with van der Waals surface area (Å²) < 4.78 is 10.9. The van der Waals surface area contributed by atoms with Gasteiger partial charge in [-0.2, -0.15) is 0 Å². The molecule has 29 heavy (non-hydrogen) atoms. The van der Waals surface area contributed by atoms with Gasteiger partial charge < -0.3 is 19.6 Å². The van der Waals surface area contributed by atoms with E-state index in [1.54, 1.807) is 18.2 Å². The quantitative estimate of drug-likeness (QED) is 0.596. The highest BCUT2D eigenvalue weighted by atomic mass is 16.5. The van der Waals surface area contributed by atoms with E-state index >= 15 is 0 Å². The van der Waals surface area contributed by atoms with Crippen molar-refractivity contribution in [3.63, 3.8) is 0 Å². The van der Waals surface area contributed by atoms with Crippen LogP contribution in [0, 0.1) is 6.92 Å². The van der Waals surface area contributed by atoms with Gasteiger partial charge in [0.1, 0.15) is 17.4 Å². The molecular formula is C22H21NO6. The Hall–Kier alpha value is -3.61. The maximum atomic E-state index is 12.5. The standard InChI is InChI=1S/C22H21NO6/c1-13-17-9-8-16(28-12-20(24)23-14(2)21(25)26)11-19(17)29-22(27)18(13)10-15-6-4-3-5-7-15/h3-9,11,14H,10,12H2,1-2H3,(H,23,24)(H,25,26)/t14-/m1/s1. The minimum absolute atomic E-state index is 0.342. The van der Waals surface area contributed by atoms with Crippen molar-refractivity contribution in [1.29, 1.82) is 0 Å². The van der Waals surface area contributed by atoms with Gasteiger partial charge in [0.05, 0.1) is 0 Å². The fraction of sp³-hybridized carbons (Fsp3) is 0.227. The van der Waals surface area contributed by atoms with Gasteiger partial charge in [0.25, 0.3) is 5.91 Å². The lowest BCUT2D eigenvalue weighted by molar-refractivity contribution is -0.141. The van der Waals surface area contributed by atoms with Crippen molar-refractivity contribution < 1.29 is 23.8 Å². The first-order valence-electron chi connectivity index (χ1n) is 9.10. The number of hydrogen-bond acceptors (Lipinski definition) is 5. The Bertz CT molecular complexity index is 1100. The molecule has 1 heterocycles. The van der Waals surface area contributed by atoms with E-state index in [1.807, 2.05) is 37.3 Å². The Balaban J connectivity index is 1.78. The molecule has 0 saturated heterocycles. The summed E-state index contributed by atoms with van der Waals surface area (Å²) in [5, 5.41) is 11.9. The number of fused-ring (bicyclic) bond motifs is 1. The van der Waals surface area contributed by atoms with Crippen molar-refractivity contribution in [1.82, 2.24) is 5.32 Å². The van der Waals surface area contributed by atoms with Crippen molar-refractivity contribution in [2.24, 2.45) is 0 Å². The van der Waals surface area contributed by atoms with Crippen molar-refractivity contribution in [3.8, 4) is 5.75 Å². The molecule has 7 nitrogen and oxygen atoms in total. The average molecular weight is 395 g/mol. The second kappa shape index (κ2) is 8.60. The summed E-state index contributed by atoms with van der Waals surface area (Å²) in [6.45, 7) is 2.89. The summed E-state index contributed by atoms with van der Waals surface area (Å²) in [5.41, 5.74) is 2.40. The molecule has 7 heteroatoms. The molecule has 0 spiro atoms. The SMILES string of the molecule is Cc1c(Cc2ccccc2)c(=O)oc2cc(OCC(=O)N[C@H](C)C(=O)O)ccc12. The van der Waals surface area contributed by atoms with Gasteiger partial charge in [-0.25, -0.2) is 4.79 Å². The van der Waals surface area contributed by atoms with Gasteiger partial charge in [-0.3, -0.25) is 9.59 Å². The monoisotopic (exact) mass is 395 g/mol. The number of ether oxygens (including phenoxy) is 1. The molecule has 1 amide bonds. The van der Waals surface area contributed by atoms with E-state index in [-0.39, 0.29) is 6.61 Å². The van der Waals surface area contributed by atoms with Crippen molar-refractivity contribution >= 4 is 22.8 Å². The number of amides is 1. The number of carboxylic acids is 1. The normalized spacial score (nSPS) is 11.8. The summed E-state index contributed by atoms with van der Waals surface area (Å²) in [4.78, 5) is 35.0. The van der Waals surface area contributed by atoms with Gasteiger partial charge in [0.2, 0.25) is 0 Å². The zero-order chi connectivity index (χ0) is 21.0. The Kier molecular flexibility index (Phi) is 5.97. The Labute approximate surface area is 166 Å². The molecule has 0 saturated carbocycles. The van der Waals surface area contributed by atoms with E-state index < -0.39 is 23.5 Å². The fourth-order valence-corrected chi connectivity index (χ4v) is 2.96. The minimum atomic E-state index is -1.13. The summed E-state index contributed by atoms with van der Waals surface area (Å²) >= 11 is 0. The zero-order valence-corrected chi connectivity index (χ0v) is 16.1. The van der Waals surface area contributed by atoms with Crippen LogP contribution >= 0.6 is 0 Å². The van der Waals surface area contributed by atoms with Crippen LogP contribution in [-0.4, -0.2) is 29.6 Å². The molecule has 0 unspecified atom stereocenters. The molecule has 2 aromatic carbocycles. The molecule has 0 fully saturated rings. The predicted molar refractivity (Wildman–Crippen MR) is 107 cm³/mol. The Morgan fingerprint density at radius 1 is 1.17 bits per heavy atom. The molecule has 0 aliphatic heterocycles. The number of carbonyl (C=O) groups is 2. The Morgan fingerprint density at radius 2 is 1.90 bits per heavy atom. The van der Waals surface area contributed by atoms with E-state index in [0.29, 0.717) is 23.3 Å². The van der Waals surface area contributed by atoms with Crippen LogP contribution in [0.15, 0.2) is 57.7 Å². The topological polar surface area (TPSA) is 106 Å². The van der Waals surface area contributed by atoms with Gasteiger partial charge in [-0.1, -0.05) is 30.3 Å². The van der Waals surface area contributed by atoms with Crippen LogP contribution in [-0.2, 0) is 16.0 Å². The molecule has 3 rings (SSSR count). The Morgan fingerprint density at radius 3 is 2.59 bits per heavy atom. The fourth-order valence-electron chi connectivity index (χ4n) is 2.96. The van der Waals surface area contributed by atoms with Crippen LogP contribution in [0.25, 0.3) is 11.0 Å². The van der Waals surface area contributed by atoms with E-state index in [9.17, 15) is 14.4 Å². The molecule has 0 radical (unpaired) electrons. The summed E-state index contributed by atoms with van der Waals surface area (Å²) in [7, 11) is 0. The molecule has 0 aliphatic rings. The van der Waals surface area contributed by atoms with Crippen LogP contribution in [0.3, 0.4) is 0 Å². The number of carboxylic acid groups (broad SMARTS) is 1. The molecule has 1 aromatic heterocycles. The number of hydrogen-bond donors (Lipinski definition) is 2. The summed E-state index contributed by atoms with van der Waals surface area (Å²) in [6.07, 6.45) is 0.477. The van der Waals surface area contributed by atoms with E-state index in [4.69, 9.17) is 14.3 Å². The number of aliphatic carboxylic acids is 1. The second-order valence-electron chi connectivity index (χ2n) is 6.73. The van der Waals surface area contributed by atoms with E-state index in [1.165, 1.54) is 6.92 Å². The molecule has 1 atom stereocenters. The molecule has 2 N–H and O–H groups in total. The lowest BCUT2D eigenvalue weighted by Crippen LogP contribution is -2.40. The molecular weight excluding hydrogens is 374 g/mol. The number of nitrogens with one attached hydrogen (secondary N) is 1. The molecule has 0 aliphatic carbocycles. The first-order valence-corrected chi connectivity index (χ1v) is 9.10. The van der Waals surface area contributed by atoms with Crippen LogP contribution in [0.5, 0.6) is 5.75 Å². The molecule has 0 bridgehead atoms. The molecule has 3 aromatic rings. The number of rotatable bonds is 7. The highest BCUT2D eigenvalue weighted by molar-refractivity contribution is 5.85. The van der Waals surface area contributed by atoms with Crippen LogP contribution in [0.2, 0.25) is 0 Å². The third-order valence-corrected chi connectivity index (χ3v) is 4.60. The van der Waals surface area contributed by atoms with Crippen LogP contribution in [0.4, 0.5) is 0 Å². The number of carbonyl (C=O) groups excluding carboxylic acids is 1. The lowest BCUT2D eigenvalue weighted by atomic mass is 10.00. The first-order chi connectivity index (χ1) is 13.8. The molecule has 150 valence electrons. The first kappa shape index (κ1) is 20.1. The van der Waals surface area contributed by atoms with Crippen molar-refractivity contribution in [2.75, 3.05) is 6.61 Å². The third-order valence-electron chi connectivity index (χ3n) is 4.60. The highest BCUT2D eigenvalue weighted by Gasteiger charge is 2.15. The van der Waals surface area contributed by atoms with Crippen molar-refractivity contribution in [3.05, 3.63) is 75.6 Å². The van der Waals surface area contributed by atoms with E-state index in [0.717, 1.165) is 16.5 Å². The van der Waals surface area contributed by atoms with Gasteiger partial charge in [-0.15, -0.1) is 0 Å². The minimum Gasteiger partial charge on any atom is -0.484 e. The maximum absolute atomic E-state index is 12.5. The summed E-state index contributed by atoms with van der Waals surface area (Å²) in [5.74, 6) is -1.35. The second-order valence-corrected chi connectivity index (χ2v) is 6.73. The van der Waals surface area contributed by atoms with Gasteiger partial charge in [0, 0.05) is 23.4 Å². The smallest absolute Gasteiger partial charge is 0.340 e. The van der Waals surface area contributed by atoms with Crippen LogP contribution < -0.4 is 15.7 Å². The van der Waals surface area contributed by atoms with E-state index in [2.05, 4.69) is 5.32 Å². The number of aryl methyl sites for hydroxylation is 1. The largest absolute Gasteiger partial charge is 0.484 e.